The number of benzene rings is 2. The lowest BCUT2D eigenvalue weighted by molar-refractivity contribution is -0.118. The van der Waals surface area contributed by atoms with Crippen molar-refractivity contribution in [1.29, 1.82) is 0 Å². The number of halogens is 2. The van der Waals surface area contributed by atoms with Crippen molar-refractivity contribution in [3.8, 4) is 0 Å². The fourth-order valence-corrected chi connectivity index (χ4v) is 3.62. The molecular formula is C21H24Cl2N4O2. The van der Waals surface area contributed by atoms with E-state index in [1.54, 1.807) is 24.3 Å². The SMILES string of the molecule is O=C(CN1CCCN(CC(=O)Nc2ccccc2Cl)CC1)Nc1ccccc1Cl. The van der Waals surface area contributed by atoms with Crippen molar-refractivity contribution in [3.05, 3.63) is 58.6 Å². The van der Waals surface area contributed by atoms with Gasteiger partial charge in [-0.15, -0.1) is 0 Å². The molecule has 0 bridgehead atoms. The number of carbonyl (C=O) groups excluding carboxylic acids is 2. The summed E-state index contributed by atoms with van der Waals surface area (Å²) in [5.41, 5.74) is 1.23. The van der Waals surface area contributed by atoms with Gasteiger partial charge in [0.2, 0.25) is 11.8 Å². The lowest BCUT2D eigenvalue weighted by Crippen LogP contribution is -2.38. The van der Waals surface area contributed by atoms with Crippen LogP contribution in [0.1, 0.15) is 6.42 Å². The van der Waals surface area contributed by atoms with Gasteiger partial charge in [-0.05, 0) is 43.8 Å². The molecule has 0 radical (unpaired) electrons. The average Bonchev–Trinajstić information content (AvgIpc) is 2.90. The molecule has 2 amide bonds. The second-order valence-corrected chi connectivity index (χ2v) is 7.78. The number of rotatable bonds is 6. The van der Waals surface area contributed by atoms with Gasteiger partial charge in [0.1, 0.15) is 0 Å². The molecule has 154 valence electrons. The Bertz CT molecular complexity index is 793. The van der Waals surface area contributed by atoms with Gasteiger partial charge in [0.05, 0.1) is 34.5 Å². The van der Waals surface area contributed by atoms with E-state index in [4.69, 9.17) is 23.2 Å². The Kier molecular flexibility index (Phi) is 7.89. The van der Waals surface area contributed by atoms with Crippen molar-refractivity contribution in [2.75, 3.05) is 49.9 Å². The molecule has 1 aliphatic rings. The number of hydrogen-bond acceptors (Lipinski definition) is 4. The number of nitrogens with one attached hydrogen (secondary N) is 2. The summed E-state index contributed by atoms with van der Waals surface area (Å²) < 4.78 is 0. The van der Waals surface area contributed by atoms with Crippen molar-refractivity contribution in [2.24, 2.45) is 0 Å². The van der Waals surface area contributed by atoms with Crippen molar-refractivity contribution in [3.63, 3.8) is 0 Å². The van der Waals surface area contributed by atoms with E-state index in [1.165, 1.54) is 0 Å². The third kappa shape index (κ3) is 6.72. The highest BCUT2D eigenvalue weighted by Gasteiger charge is 2.19. The quantitative estimate of drug-likeness (QED) is 0.728. The highest BCUT2D eigenvalue weighted by atomic mass is 35.5. The van der Waals surface area contributed by atoms with Crippen LogP contribution in [-0.2, 0) is 9.59 Å². The van der Waals surface area contributed by atoms with Crippen LogP contribution in [0, 0.1) is 0 Å². The number of anilines is 2. The Balaban J connectivity index is 1.45. The van der Waals surface area contributed by atoms with Crippen LogP contribution in [0.4, 0.5) is 11.4 Å². The van der Waals surface area contributed by atoms with Gasteiger partial charge < -0.3 is 10.6 Å². The molecule has 2 aromatic carbocycles. The minimum absolute atomic E-state index is 0.0944. The Hall–Kier alpha value is -2.12. The maximum atomic E-state index is 12.3. The second-order valence-electron chi connectivity index (χ2n) is 6.96. The van der Waals surface area contributed by atoms with Gasteiger partial charge in [-0.1, -0.05) is 47.5 Å². The summed E-state index contributed by atoms with van der Waals surface area (Å²) in [6.07, 6.45) is 0.888. The maximum absolute atomic E-state index is 12.3. The lowest BCUT2D eigenvalue weighted by Gasteiger charge is -2.21. The third-order valence-corrected chi connectivity index (χ3v) is 5.37. The smallest absolute Gasteiger partial charge is 0.238 e. The van der Waals surface area contributed by atoms with E-state index in [1.807, 2.05) is 24.3 Å². The number of amides is 2. The van der Waals surface area contributed by atoms with Crippen molar-refractivity contribution in [1.82, 2.24) is 9.80 Å². The molecule has 0 aliphatic carbocycles. The number of hydrogen-bond donors (Lipinski definition) is 2. The van der Waals surface area contributed by atoms with Crippen LogP contribution in [0.25, 0.3) is 0 Å². The Morgan fingerprint density at radius 3 is 1.55 bits per heavy atom. The van der Waals surface area contributed by atoms with E-state index < -0.39 is 0 Å². The van der Waals surface area contributed by atoms with E-state index in [0.29, 0.717) is 34.5 Å². The van der Waals surface area contributed by atoms with Gasteiger partial charge in [-0.2, -0.15) is 0 Å². The first-order chi connectivity index (χ1) is 14.0. The summed E-state index contributed by atoms with van der Waals surface area (Å²) in [6.45, 7) is 3.64. The summed E-state index contributed by atoms with van der Waals surface area (Å²) in [4.78, 5) is 28.9. The molecule has 1 heterocycles. The molecule has 29 heavy (non-hydrogen) atoms. The molecular weight excluding hydrogens is 411 g/mol. The fraction of sp³-hybridized carbons (Fsp3) is 0.333. The molecule has 0 unspecified atom stereocenters. The largest absolute Gasteiger partial charge is 0.324 e. The zero-order valence-corrected chi connectivity index (χ0v) is 17.5. The Morgan fingerprint density at radius 1 is 0.724 bits per heavy atom. The van der Waals surface area contributed by atoms with Crippen LogP contribution >= 0.6 is 23.2 Å². The van der Waals surface area contributed by atoms with Crippen molar-refractivity contribution < 1.29 is 9.59 Å². The molecule has 8 heteroatoms. The van der Waals surface area contributed by atoms with Gasteiger partial charge in [0.25, 0.3) is 0 Å². The van der Waals surface area contributed by atoms with Crippen molar-refractivity contribution >= 4 is 46.4 Å². The van der Waals surface area contributed by atoms with Gasteiger partial charge in [-0.25, -0.2) is 0 Å². The molecule has 2 N–H and O–H groups in total. The Morgan fingerprint density at radius 2 is 1.14 bits per heavy atom. The van der Waals surface area contributed by atoms with E-state index in [2.05, 4.69) is 20.4 Å². The predicted octanol–water partition coefficient (Wildman–Crippen LogP) is 3.58. The first-order valence-electron chi connectivity index (χ1n) is 9.55. The molecule has 1 aliphatic heterocycles. The van der Waals surface area contributed by atoms with E-state index in [0.717, 1.165) is 32.6 Å². The number of carbonyl (C=O) groups is 2. The van der Waals surface area contributed by atoms with Gasteiger partial charge in [-0.3, -0.25) is 19.4 Å². The molecule has 0 spiro atoms. The zero-order valence-electron chi connectivity index (χ0n) is 16.0. The first kappa shape index (κ1) is 21.6. The van der Waals surface area contributed by atoms with E-state index in [9.17, 15) is 9.59 Å². The van der Waals surface area contributed by atoms with Gasteiger partial charge >= 0.3 is 0 Å². The summed E-state index contributed by atoms with van der Waals surface area (Å²) >= 11 is 12.2. The minimum Gasteiger partial charge on any atom is -0.324 e. The molecule has 6 nitrogen and oxygen atoms in total. The van der Waals surface area contributed by atoms with Crippen molar-refractivity contribution in [2.45, 2.75) is 6.42 Å². The molecule has 1 fully saturated rings. The highest BCUT2D eigenvalue weighted by molar-refractivity contribution is 6.34. The number of para-hydroxylation sites is 2. The average molecular weight is 435 g/mol. The Labute approximate surface area is 180 Å². The summed E-state index contributed by atoms with van der Waals surface area (Å²) in [5.74, 6) is -0.189. The van der Waals surface area contributed by atoms with E-state index in [-0.39, 0.29) is 11.8 Å². The first-order valence-corrected chi connectivity index (χ1v) is 10.3. The van der Waals surface area contributed by atoms with Gasteiger partial charge in [0.15, 0.2) is 0 Å². The number of nitrogens with zero attached hydrogens (tertiary/aromatic N) is 2. The molecule has 0 aromatic heterocycles. The van der Waals surface area contributed by atoms with Crippen LogP contribution in [-0.4, -0.2) is 60.9 Å². The minimum atomic E-state index is -0.0944. The maximum Gasteiger partial charge on any atom is 0.238 e. The van der Waals surface area contributed by atoms with E-state index >= 15 is 0 Å². The summed E-state index contributed by atoms with van der Waals surface area (Å²) in [7, 11) is 0. The summed E-state index contributed by atoms with van der Waals surface area (Å²) in [5, 5.41) is 6.74. The lowest BCUT2D eigenvalue weighted by atomic mass is 10.3. The standard InChI is InChI=1S/C21H24Cl2N4O2/c22-16-6-1-3-8-18(16)24-20(28)14-26-10-5-11-27(13-12-26)15-21(29)25-19-9-4-2-7-17(19)23/h1-4,6-9H,5,10-15H2,(H,24,28)(H,25,29). The predicted molar refractivity (Wildman–Crippen MR) is 118 cm³/mol. The monoisotopic (exact) mass is 434 g/mol. The fourth-order valence-electron chi connectivity index (χ4n) is 3.25. The molecule has 0 atom stereocenters. The van der Waals surface area contributed by atoms with Gasteiger partial charge in [0, 0.05) is 13.1 Å². The van der Waals surface area contributed by atoms with Crippen LogP contribution in [0.15, 0.2) is 48.5 Å². The summed E-state index contributed by atoms with van der Waals surface area (Å²) in [6, 6.07) is 14.4. The zero-order chi connectivity index (χ0) is 20.6. The highest BCUT2D eigenvalue weighted by Crippen LogP contribution is 2.21. The van der Waals surface area contributed by atoms with Crippen LogP contribution < -0.4 is 10.6 Å². The molecule has 2 aromatic rings. The van der Waals surface area contributed by atoms with Crippen LogP contribution in [0.5, 0.6) is 0 Å². The molecule has 0 saturated carbocycles. The topological polar surface area (TPSA) is 64.7 Å². The molecule has 3 rings (SSSR count). The third-order valence-electron chi connectivity index (χ3n) is 4.71. The van der Waals surface area contributed by atoms with Crippen LogP contribution in [0.2, 0.25) is 10.0 Å². The normalized spacial score (nSPS) is 15.5. The second kappa shape index (κ2) is 10.6. The van der Waals surface area contributed by atoms with Crippen LogP contribution in [0.3, 0.4) is 0 Å². The molecule has 1 saturated heterocycles.